The van der Waals surface area contributed by atoms with Crippen LogP contribution in [-0.4, -0.2) is 30.9 Å². The van der Waals surface area contributed by atoms with Crippen molar-refractivity contribution in [3.05, 3.63) is 48.3 Å². The Morgan fingerprint density at radius 3 is 3.09 bits per heavy atom. The molecule has 22 heavy (non-hydrogen) atoms. The molecule has 0 bridgehead atoms. The fraction of sp³-hybridized carbons (Fsp3) is 0.333. The summed E-state index contributed by atoms with van der Waals surface area (Å²) in [7, 11) is 0. The molecule has 1 aliphatic heterocycles. The zero-order chi connectivity index (χ0) is 14.8. The van der Waals surface area contributed by atoms with Crippen LogP contribution in [0.3, 0.4) is 0 Å². The highest BCUT2D eigenvalue weighted by Crippen LogP contribution is 2.16. The van der Waals surface area contributed by atoms with Crippen molar-refractivity contribution in [2.75, 3.05) is 0 Å². The first-order valence-corrected chi connectivity index (χ1v) is 7.36. The summed E-state index contributed by atoms with van der Waals surface area (Å²) in [6.07, 6.45) is 3.60. The van der Waals surface area contributed by atoms with Crippen LogP contribution in [0.4, 0.5) is 0 Å². The Balaban J connectivity index is 1.38. The fourth-order valence-electron chi connectivity index (χ4n) is 2.66. The molecule has 7 nitrogen and oxygen atoms in total. The van der Waals surface area contributed by atoms with E-state index < -0.39 is 0 Å². The van der Waals surface area contributed by atoms with E-state index in [0.29, 0.717) is 24.3 Å². The van der Waals surface area contributed by atoms with Crippen molar-refractivity contribution in [2.45, 2.75) is 32.0 Å². The Labute approximate surface area is 127 Å². The maximum Gasteiger partial charge on any atom is 0.257 e. The van der Waals surface area contributed by atoms with Crippen LogP contribution in [0.25, 0.3) is 11.5 Å². The minimum absolute atomic E-state index is 0.355. The first-order chi connectivity index (χ1) is 10.9. The molecule has 0 fully saturated rings. The summed E-state index contributed by atoms with van der Waals surface area (Å²) < 4.78 is 7.26. The molecule has 3 heterocycles. The van der Waals surface area contributed by atoms with Gasteiger partial charge in [-0.05, 0) is 18.6 Å². The highest BCUT2D eigenvalue weighted by molar-refractivity contribution is 5.51. The lowest BCUT2D eigenvalue weighted by molar-refractivity contribution is 0.350. The molecule has 0 saturated carbocycles. The van der Waals surface area contributed by atoms with Gasteiger partial charge in [-0.25, -0.2) is 9.67 Å². The number of hydrogen-bond donors (Lipinski definition) is 1. The summed E-state index contributed by atoms with van der Waals surface area (Å²) in [4.78, 5) is 8.65. The fourth-order valence-corrected chi connectivity index (χ4v) is 2.66. The Morgan fingerprint density at radius 1 is 1.27 bits per heavy atom. The number of rotatable bonds is 4. The smallest absolute Gasteiger partial charge is 0.257 e. The van der Waals surface area contributed by atoms with E-state index in [-0.39, 0.29) is 0 Å². The lowest BCUT2D eigenvalue weighted by atomic mass is 10.1. The molecule has 1 N–H and O–H groups in total. The molecule has 7 heteroatoms. The summed E-state index contributed by atoms with van der Waals surface area (Å²) in [6.45, 7) is 1.42. The van der Waals surface area contributed by atoms with Crippen LogP contribution in [0.15, 0.2) is 41.2 Å². The minimum atomic E-state index is 0.355. The van der Waals surface area contributed by atoms with Gasteiger partial charge in [0, 0.05) is 18.0 Å². The van der Waals surface area contributed by atoms with Crippen LogP contribution in [0.1, 0.15) is 18.1 Å². The predicted octanol–water partition coefficient (Wildman–Crippen LogP) is 1.43. The number of hydrogen-bond acceptors (Lipinski definition) is 6. The van der Waals surface area contributed by atoms with Crippen LogP contribution >= 0.6 is 0 Å². The number of nitrogens with one attached hydrogen (secondary N) is 1. The van der Waals surface area contributed by atoms with Gasteiger partial charge in [-0.1, -0.05) is 23.4 Å². The zero-order valence-electron chi connectivity index (χ0n) is 12.0. The number of fused-ring (bicyclic) bond motifs is 1. The second-order valence-electron chi connectivity index (χ2n) is 5.36. The van der Waals surface area contributed by atoms with Crippen molar-refractivity contribution in [3.63, 3.8) is 0 Å². The third-order valence-electron chi connectivity index (χ3n) is 3.84. The van der Waals surface area contributed by atoms with Crippen molar-refractivity contribution >= 4 is 0 Å². The molecule has 0 unspecified atom stereocenters. The van der Waals surface area contributed by atoms with Gasteiger partial charge in [0.1, 0.15) is 12.2 Å². The molecule has 3 aromatic rings. The highest BCUT2D eigenvalue weighted by Gasteiger charge is 2.20. The highest BCUT2D eigenvalue weighted by atomic mass is 16.5. The molecule has 2 aromatic heterocycles. The van der Waals surface area contributed by atoms with E-state index in [1.807, 2.05) is 35.0 Å². The van der Waals surface area contributed by atoms with E-state index in [4.69, 9.17) is 4.52 Å². The summed E-state index contributed by atoms with van der Waals surface area (Å²) in [6, 6.07) is 10.1. The van der Waals surface area contributed by atoms with Crippen molar-refractivity contribution in [1.82, 2.24) is 30.2 Å². The van der Waals surface area contributed by atoms with Gasteiger partial charge in [-0.2, -0.15) is 10.1 Å². The largest absolute Gasteiger partial charge is 0.334 e. The average molecular weight is 296 g/mol. The molecule has 112 valence electrons. The Hall–Kier alpha value is -2.54. The lowest BCUT2D eigenvalue weighted by Crippen LogP contribution is -2.37. The number of nitrogens with zero attached hydrogens (tertiary/aromatic N) is 5. The topological polar surface area (TPSA) is 81.7 Å². The summed E-state index contributed by atoms with van der Waals surface area (Å²) >= 11 is 0. The molecule has 1 aliphatic rings. The van der Waals surface area contributed by atoms with Gasteiger partial charge in [0.15, 0.2) is 5.82 Å². The van der Waals surface area contributed by atoms with Crippen molar-refractivity contribution in [1.29, 1.82) is 0 Å². The van der Waals surface area contributed by atoms with Gasteiger partial charge in [0.2, 0.25) is 0 Å². The standard InChI is InChI=1S/C15H16N6O/c1-2-4-11(5-3-1)15-19-13(20-22-15)8-16-12-6-7-14-17-10-18-21(14)9-12/h1-5,10,12,16H,6-9H2/t12-/m0/s1. The first-order valence-electron chi connectivity index (χ1n) is 7.36. The van der Waals surface area contributed by atoms with E-state index in [9.17, 15) is 0 Å². The number of benzene rings is 1. The molecule has 0 spiro atoms. The van der Waals surface area contributed by atoms with E-state index in [1.54, 1.807) is 6.33 Å². The molecular formula is C15H16N6O. The van der Waals surface area contributed by atoms with E-state index in [0.717, 1.165) is 30.8 Å². The summed E-state index contributed by atoms with van der Waals surface area (Å²) in [5.74, 6) is 2.28. The maximum absolute atomic E-state index is 5.31. The molecule has 1 atom stereocenters. The second kappa shape index (κ2) is 5.69. The van der Waals surface area contributed by atoms with Crippen LogP contribution in [-0.2, 0) is 19.5 Å². The van der Waals surface area contributed by atoms with Crippen molar-refractivity contribution < 1.29 is 4.52 Å². The third kappa shape index (κ3) is 2.62. The monoisotopic (exact) mass is 296 g/mol. The average Bonchev–Trinajstić information content (AvgIpc) is 3.22. The van der Waals surface area contributed by atoms with Crippen molar-refractivity contribution in [2.24, 2.45) is 0 Å². The molecule has 0 aliphatic carbocycles. The molecule has 0 saturated heterocycles. The van der Waals surface area contributed by atoms with Crippen molar-refractivity contribution in [3.8, 4) is 11.5 Å². The lowest BCUT2D eigenvalue weighted by Gasteiger charge is -2.22. The number of aryl methyl sites for hydroxylation is 1. The summed E-state index contributed by atoms with van der Waals surface area (Å²) in [5.41, 5.74) is 0.936. The predicted molar refractivity (Wildman–Crippen MR) is 78.7 cm³/mol. The van der Waals surface area contributed by atoms with Crippen LogP contribution in [0.5, 0.6) is 0 Å². The van der Waals surface area contributed by atoms with E-state index in [2.05, 4.69) is 25.5 Å². The Kier molecular flexibility index (Phi) is 3.40. The second-order valence-corrected chi connectivity index (χ2v) is 5.36. The van der Waals surface area contributed by atoms with Gasteiger partial charge >= 0.3 is 0 Å². The maximum atomic E-state index is 5.31. The summed E-state index contributed by atoms with van der Waals surface area (Å²) in [5, 5.41) is 11.7. The van der Waals surface area contributed by atoms with E-state index >= 15 is 0 Å². The quantitative estimate of drug-likeness (QED) is 0.784. The molecule has 0 radical (unpaired) electrons. The molecule has 4 rings (SSSR count). The van der Waals surface area contributed by atoms with Gasteiger partial charge < -0.3 is 9.84 Å². The number of aromatic nitrogens is 5. The molecular weight excluding hydrogens is 280 g/mol. The van der Waals surface area contributed by atoms with Crippen LogP contribution in [0.2, 0.25) is 0 Å². The van der Waals surface area contributed by atoms with Crippen LogP contribution < -0.4 is 5.32 Å². The van der Waals surface area contributed by atoms with Gasteiger partial charge in [-0.3, -0.25) is 0 Å². The zero-order valence-corrected chi connectivity index (χ0v) is 12.0. The SMILES string of the molecule is c1ccc(-c2nc(CN[C@H]3CCc4ncnn4C3)no2)cc1. The Morgan fingerprint density at radius 2 is 2.18 bits per heavy atom. The normalized spacial score (nSPS) is 17.4. The van der Waals surface area contributed by atoms with Gasteiger partial charge in [0.25, 0.3) is 5.89 Å². The molecule has 0 amide bonds. The minimum Gasteiger partial charge on any atom is -0.334 e. The third-order valence-corrected chi connectivity index (χ3v) is 3.84. The van der Waals surface area contributed by atoms with Gasteiger partial charge in [-0.15, -0.1) is 0 Å². The first kappa shape index (κ1) is 13.1. The van der Waals surface area contributed by atoms with E-state index in [1.165, 1.54) is 0 Å². The van der Waals surface area contributed by atoms with Crippen LogP contribution in [0, 0.1) is 0 Å². The van der Waals surface area contributed by atoms with Gasteiger partial charge in [0.05, 0.1) is 13.1 Å². The Bertz CT molecular complexity index is 750. The molecule has 1 aromatic carbocycles.